The van der Waals surface area contributed by atoms with Crippen molar-refractivity contribution in [3.63, 3.8) is 0 Å². The van der Waals surface area contributed by atoms with Gasteiger partial charge in [0, 0.05) is 26.1 Å². The van der Waals surface area contributed by atoms with Gasteiger partial charge in [-0.1, -0.05) is 18.2 Å². The quantitative estimate of drug-likeness (QED) is 0.833. The summed E-state index contributed by atoms with van der Waals surface area (Å²) in [5.74, 6) is -0.761. The number of methoxy groups -OCH3 is 1. The van der Waals surface area contributed by atoms with Crippen molar-refractivity contribution in [3.8, 4) is 0 Å². The van der Waals surface area contributed by atoms with E-state index < -0.39 is 12.1 Å². The lowest BCUT2D eigenvalue weighted by molar-refractivity contribution is -0.157. The number of rotatable bonds is 4. The Hall–Kier alpha value is -2.35. The van der Waals surface area contributed by atoms with Gasteiger partial charge in [-0.15, -0.1) is 0 Å². The Morgan fingerprint density at radius 1 is 1.17 bits per heavy atom. The van der Waals surface area contributed by atoms with E-state index in [2.05, 4.69) is 5.32 Å². The summed E-state index contributed by atoms with van der Waals surface area (Å²) in [5, 5.41) is 3.20. The summed E-state index contributed by atoms with van der Waals surface area (Å²) in [5.41, 5.74) is 2.51. The number of hydrogen-bond acceptors (Lipinski definition) is 4. The zero-order valence-corrected chi connectivity index (χ0v) is 17.1. The molecular formula is C23H26F2N2O3. The normalized spacial score (nSPS) is 26.3. The number of nitrogens with zero attached hydrogens (tertiary/aromatic N) is 1. The maximum absolute atomic E-state index is 13.8. The fraction of sp³-hybridized carbons (Fsp3) is 0.435. The minimum absolute atomic E-state index is 0.00754. The first-order valence-electron chi connectivity index (χ1n) is 10.2. The molecule has 5 nitrogen and oxygen atoms in total. The lowest BCUT2D eigenvalue weighted by Gasteiger charge is -2.42. The first-order valence-corrected chi connectivity index (χ1v) is 10.2. The predicted molar refractivity (Wildman–Crippen MR) is 108 cm³/mol. The highest BCUT2D eigenvalue weighted by Crippen LogP contribution is 2.37. The monoisotopic (exact) mass is 416 g/mol. The van der Waals surface area contributed by atoms with Crippen molar-refractivity contribution in [3.05, 3.63) is 70.8 Å². The molecule has 0 radical (unpaired) electrons. The van der Waals surface area contributed by atoms with Crippen molar-refractivity contribution in [1.82, 2.24) is 10.2 Å². The second-order valence-corrected chi connectivity index (χ2v) is 7.81. The Labute approximate surface area is 175 Å². The van der Waals surface area contributed by atoms with Gasteiger partial charge in [-0.05, 0) is 54.4 Å². The average molecular weight is 416 g/mol. The number of fused-ring (bicyclic) bond motifs is 1. The summed E-state index contributed by atoms with van der Waals surface area (Å²) in [4.78, 5) is 15.3. The summed E-state index contributed by atoms with van der Waals surface area (Å²) < 4.78 is 38.6. The number of likely N-dealkylation sites (N-methyl/N-ethyl adjacent to an activating group) is 1. The number of amides is 1. The second-order valence-electron chi connectivity index (χ2n) is 7.81. The molecule has 1 fully saturated rings. The van der Waals surface area contributed by atoms with Gasteiger partial charge in [0.2, 0.25) is 0 Å². The highest BCUT2D eigenvalue weighted by atomic mass is 19.1. The molecule has 0 bridgehead atoms. The van der Waals surface area contributed by atoms with Gasteiger partial charge in [0.25, 0.3) is 5.91 Å². The Morgan fingerprint density at radius 2 is 1.90 bits per heavy atom. The topological polar surface area (TPSA) is 50.8 Å². The van der Waals surface area contributed by atoms with Crippen molar-refractivity contribution < 1.29 is 23.0 Å². The Morgan fingerprint density at radius 3 is 2.60 bits per heavy atom. The van der Waals surface area contributed by atoms with Crippen LogP contribution >= 0.6 is 0 Å². The van der Waals surface area contributed by atoms with Gasteiger partial charge in [-0.3, -0.25) is 4.79 Å². The maximum atomic E-state index is 13.8. The highest BCUT2D eigenvalue weighted by Gasteiger charge is 2.40. The van der Waals surface area contributed by atoms with E-state index in [1.165, 1.54) is 24.3 Å². The van der Waals surface area contributed by atoms with E-state index in [0.29, 0.717) is 26.0 Å². The van der Waals surface area contributed by atoms with E-state index in [-0.39, 0.29) is 29.7 Å². The fourth-order valence-electron chi connectivity index (χ4n) is 4.51. The van der Waals surface area contributed by atoms with Crippen LogP contribution in [0.5, 0.6) is 0 Å². The molecule has 1 amide bonds. The van der Waals surface area contributed by atoms with Crippen LogP contribution in [0.3, 0.4) is 0 Å². The molecule has 4 atom stereocenters. The maximum Gasteiger partial charge on any atom is 0.252 e. The summed E-state index contributed by atoms with van der Waals surface area (Å²) in [6.07, 6.45) is 0.340. The summed E-state index contributed by atoms with van der Waals surface area (Å²) >= 11 is 0. The molecule has 1 saturated heterocycles. The van der Waals surface area contributed by atoms with Crippen molar-refractivity contribution in [2.45, 2.75) is 37.1 Å². The summed E-state index contributed by atoms with van der Waals surface area (Å²) in [7, 11) is 3.47. The third kappa shape index (κ3) is 3.97. The minimum Gasteiger partial charge on any atom is -0.377 e. The molecule has 160 valence electrons. The molecule has 2 aromatic carbocycles. The van der Waals surface area contributed by atoms with Crippen LogP contribution in [0.15, 0.2) is 42.5 Å². The first kappa shape index (κ1) is 20.9. The molecule has 2 aromatic rings. The molecular weight excluding hydrogens is 390 g/mol. The van der Waals surface area contributed by atoms with Gasteiger partial charge in [0.1, 0.15) is 17.7 Å². The van der Waals surface area contributed by atoms with Gasteiger partial charge in [-0.2, -0.15) is 0 Å². The Kier molecular flexibility index (Phi) is 6.13. The number of hydrogen-bond donors (Lipinski definition) is 1. The van der Waals surface area contributed by atoms with E-state index in [1.807, 2.05) is 7.05 Å². The fourth-order valence-corrected chi connectivity index (χ4v) is 4.51. The van der Waals surface area contributed by atoms with Crippen molar-refractivity contribution >= 4 is 5.91 Å². The third-order valence-corrected chi connectivity index (χ3v) is 6.13. The third-order valence-electron chi connectivity index (χ3n) is 6.13. The molecule has 0 unspecified atom stereocenters. The minimum atomic E-state index is -0.598. The van der Waals surface area contributed by atoms with Crippen LogP contribution < -0.4 is 5.32 Å². The zero-order valence-electron chi connectivity index (χ0n) is 17.1. The molecule has 4 rings (SSSR count). The second kappa shape index (κ2) is 8.79. The predicted octanol–water partition coefficient (Wildman–Crippen LogP) is 2.83. The Balaban J connectivity index is 1.66. The van der Waals surface area contributed by atoms with E-state index >= 15 is 0 Å². The molecule has 0 aliphatic carbocycles. The summed E-state index contributed by atoms with van der Waals surface area (Å²) in [6, 6.07) is 10.4. The van der Waals surface area contributed by atoms with Crippen LogP contribution in [-0.2, 0) is 20.7 Å². The SMILES string of the molecule is CN[C@H]1C[C@H](C(=O)N2CCc3cc(F)ccc3[C@@H]2c2ccc(F)cc2)OC[C@@H]1OC. The largest absolute Gasteiger partial charge is 0.377 e. The lowest BCUT2D eigenvalue weighted by atomic mass is 9.87. The lowest BCUT2D eigenvalue weighted by Crippen LogP contribution is -2.54. The van der Waals surface area contributed by atoms with Gasteiger partial charge in [-0.25, -0.2) is 8.78 Å². The van der Waals surface area contributed by atoms with Crippen LogP contribution in [0.4, 0.5) is 8.78 Å². The molecule has 2 aliphatic rings. The van der Waals surface area contributed by atoms with Gasteiger partial charge < -0.3 is 19.7 Å². The number of benzene rings is 2. The molecule has 30 heavy (non-hydrogen) atoms. The molecule has 0 saturated carbocycles. The van der Waals surface area contributed by atoms with Crippen LogP contribution in [0.2, 0.25) is 0 Å². The van der Waals surface area contributed by atoms with Crippen LogP contribution in [0, 0.1) is 11.6 Å². The molecule has 1 N–H and O–H groups in total. The number of carbonyl (C=O) groups is 1. The zero-order chi connectivity index (χ0) is 21.3. The number of carbonyl (C=O) groups excluding carboxylic acids is 1. The number of halogens is 2. The van der Waals surface area contributed by atoms with E-state index in [1.54, 1.807) is 30.2 Å². The molecule has 2 heterocycles. The molecule has 0 aromatic heterocycles. The first-order chi connectivity index (χ1) is 14.5. The average Bonchev–Trinajstić information content (AvgIpc) is 2.77. The van der Waals surface area contributed by atoms with Gasteiger partial charge in [0.05, 0.1) is 18.8 Å². The van der Waals surface area contributed by atoms with Crippen molar-refractivity contribution in [1.29, 1.82) is 0 Å². The van der Waals surface area contributed by atoms with Crippen LogP contribution in [-0.4, -0.2) is 56.4 Å². The van der Waals surface area contributed by atoms with E-state index in [9.17, 15) is 13.6 Å². The van der Waals surface area contributed by atoms with Crippen LogP contribution in [0.25, 0.3) is 0 Å². The van der Waals surface area contributed by atoms with E-state index in [0.717, 1.165) is 16.7 Å². The summed E-state index contributed by atoms with van der Waals surface area (Å²) in [6.45, 7) is 0.768. The number of ether oxygens (including phenoxy) is 2. The molecule has 0 spiro atoms. The van der Waals surface area contributed by atoms with E-state index in [4.69, 9.17) is 9.47 Å². The highest BCUT2D eigenvalue weighted by molar-refractivity contribution is 5.82. The van der Waals surface area contributed by atoms with Crippen LogP contribution in [0.1, 0.15) is 29.2 Å². The van der Waals surface area contributed by atoms with Crippen molar-refractivity contribution in [2.75, 3.05) is 27.3 Å². The molecule has 2 aliphatic heterocycles. The Bertz CT molecular complexity index is 906. The van der Waals surface area contributed by atoms with Gasteiger partial charge >= 0.3 is 0 Å². The standard InChI is InChI=1S/C23H26F2N2O3/c1-26-19-12-20(30-13-21(19)29-2)23(28)27-10-9-15-11-17(25)7-8-18(15)22(27)14-3-5-16(24)6-4-14/h3-8,11,19-22,26H,9-10,12-13H2,1-2H3/t19-,20+,21-,22-/m0/s1. The van der Waals surface area contributed by atoms with Gasteiger partial charge in [0.15, 0.2) is 0 Å². The smallest absolute Gasteiger partial charge is 0.252 e. The van der Waals surface area contributed by atoms with Crippen molar-refractivity contribution in [2.24, 2.45) is 0 Å². The number of nitrogens with one attached hydrogen (secondary N) is 1. The molecule has 7 heteroatoms.